The van der Waals surface area contributed by atoms with Gasteiger partial charge in [0, 0.05) is 6.42 Å². The first kappa shape index (κ1) is 17.1. The number of hydrogen-bond donors (Lipinski definition) is 3. The van der Waals surface area contributed by atoms with Crippen molar-refractivity contribution in [1.82, 2.24) is 0 Å². The molecule has 8 nitrogen and oxygen atoms in total. The lowest BCUT2D eigenvalue weighted by Crippen LogP contribution is -2.32. The van der Waals surface area contributed by atoms with Crippen LogP contribution in [0.25, 0.3) is 0 Å². The zero-order valence-corrected chi connectivity index (χ0v) is 10.5. The SMILES string of the molecule is C/C(=C\OC(=O)[C@@H](N)CCC(=O)O)C(=O)OCCO. The van der Waals surface area contributed by atoms with E-state index in [1.54, 1.807) is 0 Å². The van der Waals surface area contributed by atoms with E-state index in [0.29, 0.717) is 0 Å². The van der Waals surface area contributed by atoms with Crippen molar-refractivity contribution in [3.05, 3.63) is 11.8 Å². The molecule has 0 aliphatic carbocycles. The van der Waals surface area contributed by atoms with Crippen LogP contribution in [0, 0.1) is 0 Å². The molecular formula is C11H17NO7. The van der Waals surface area contributed by atoms with Gasteiger partial charge in [0.2, 0.25) is 0 Å². The highest BCUT2D eigenvalue weighted by Gasteiger charge is 2.16. The van der Waals surface area contributed by atoms with Crippen molar-refractivity contribution in [3.63, 3.8) is 0 Å². The normalized spacial score (nSPS) is 12.7. The van der Waals surface area contributed by atoms with Gasteiger partial charge in [-0.1, -0.05) is 0 Å². The molecule has 0 aliphatic heterocycles. The molecule has 19 heavy (non-hydrogen) atoms. The van der Waals surface area contributed by atoms with E-state index in [4.69, 9.17) is 15.9 Å². The van der Waals surface area contributed by atoms with Gasteiger partial charge in [-0.05, 0) is 13.3 Å². The van der Waals surface area contributed by atoms with Crippen LogP contribution in [0.4, 0.5) is 0 Å². The van der Waals surface area contributed by atoms with Crippen LogP contribution in [-0.2, 0) is 23.9 Å². The maximum Gasteiger partial charge on any atom is 0.336 e. The molecule has 0 radical (unpaired) electrons. The van der Waals surface area contributed by atoms with E-state index in [2.05, 4.69) is 9.47 Å². The van der Waals surface area contributed by atoms with Gasteiger partial charge in [-0.25, -0.2) is 9.59 Å². The molecule has 0 aromatic carbocycles. The van der Waals surface area contributed by atoms with Gasteiger partial charge in [0.15, 0.2) is 0 Å². The van der Waals surface area contributed by atoms with Gasteiger partial charge in [-0.3, -0.25) is 4.79 Å². The zero-order chi connectivity index (χ0) is 14.8. The lowest BCUT2D eigenvalue weighted by Gasteiger charge is -2.08. The van der Waals surface area contributed by atoms with Crippen LogP contribution in [0.2, 0.25) is 0 Å². The largest absolute Gasteiger partial charge is 0.481 e. The Morgan fingerprint density at radius 3 is 2.53 bits per heavy atom. The highest BCUT2D eigenvalue weighted by molar-refractivity contribution is 5.88. The first-order valence-electron chi connectivity index (χ1n) is 5.51. The van der Waals surface area contributed by atoms with Gasteiger partial charge >= 0.3 is 17.9 Å². The number of ether oxygens (including phenoxy) is 2. The van der Waals surface area contributed by atoms with Gasteiger partial charge < -0.3 is 25.4 Å². The van der Waals surface area contributed by atoms with E-state index in [0.717, 1.165) is 6.26 Å². The van der Waals surface area contributed by atoms with Gasteiger partial charge in [0.05, 0.1) is 12.2 Å². The van der Waals surface area contributed by atoms with Crippen molar-refractivity contribution in [2.24, 2.45) is 5.73 Å². The number of carbonyl (C=O) groups is 3. The molecule has 0 aromatic rings. The summed E-state index contributed by atoms with van der Waals surface area (Å²) in [6.07, 6.45) is 0.566. The van der Waals surface area contributed by atoms with E-state index in [1.807, 2.05) is 0 Å². The molecule has 0 saturated heterocycles. The highest BCUT2D eigenvalue weighted by Crippen LogP contribution is 2.01. The summed E-state index contributed by atoms with van der Waals surface area (Å²) in [5.41, 5.74) is 5.41. The topological polar surface area (TPSA) is 136 Å². The maximum atomic E-state index is 11.3. The van der Waals surface area contributed by atoms with Crippen molar-refractivity contribution < 1.29 is 34.1 Å². The fourth-order valence-electron chi connectivity index (χ4n) is 0.931. The third kappa shape index (κ3) is 7.90. The van der Waals surface area contributed by atoms with Gasteiger partial charge in [0.1, 0.15) is 18.9 Å². The molecule has 0 heterocycles. The number of carboxylic acid groups (broad SMARTS) is 1. The van der Waals surface area contributed by atoms with E-state index in [1.165, 1.54) is 6.92 Å². The summed E-state index contributed by atoms with van der Waals surface area (Å²) < 4.78 is 9.18. The Balaban J connectivity index is 4.18. The molecule has 4 N–H and O–H groups in total. The number of aliphatic hydroxyl groups excluding tert-OH is 1. The van der Waals surface area contributed by atoms with E-state index >= 15 is 0 Å². The second-order valence-corrected chi connectivity index (χ2v) is 3.64. The molecule has 1 atom stereocenters. The number of nitrogens with two attached hydrogens (primary N) is 1. The maximum absolute atomic E-state index is 11.3. The monoisotopic (exact) mass is 275 g/mol. The minimum Gasteiger partial charge on any atom is -0.481 e. The smallest absolute Gasteiger partial charge is 0.336 e. The lowest BCUT2D eigenvalue weighted by molar-refractivity contribution is -0.141. The van der Waals surface area contributed by atoms with Crippen LogP contribution in [0.1, 0.15) is 19.8 Å². The fourth-order valence-corrected chi connectivity index (χ4v) is 0.931. The Morgan fingerprint density at radius 2 is 2.00 bits per heavy atom. The van der Waals surface area contributed by atoms with E-state index in [-0.39, 0.29) is 31.6 Å². The van der Waals surface area contributed by atoms with Gasteiger partial charge in [0.25, 0.3) is 0 Å². The summed E-state index contributed by atoms with van der Waals surface area (Å²) in [5, 5.41) is 16.9. The average molecular weight is 275 g/mol. The quantitative estimate of drug-likeness (QED) is 0.296. The number of aliphatic carboxylic acids is 1. The van der Waals surface area contributed by atoms with Crippen LogP contribution in [0.15, 0.2) is 11.8 Å². The lowest BCUT2D eigenvalue weighted by atomic mass is 10.2. The Morgan fingerprint density at radius 1 is 1.37 bits per heavy atom. The van der Waals surface area contributed by atoms with Gasteiger partial charge in [-0.15, -0.1) is 0 Å². The molecule has 0 aliphatic rings. The van der Waals surface area contributed by atoms with Crippen LogP contribution < -0.4 is 5.73 Å². The van der Waals surface area contributed by atoms with Crippen LogP contribution in [-0.4, -0.2) is 47.4 Å². The predicted molar refractivity (Wildman–Crippen MR) is 62.7 cm³/mol. The molecule has 0 aromatic heterocycles. The predicted octanol–water partition coefficient (Wildman–Crippen LogP) is -0.839. The number of esters is 2. The van der Waals surface area contributed by atoms with Crippen molar-refractivity contribution in [2.45, 2.75) is 25.8 Å². The van der Waals surface area contributed by atoms with E-state index in [9.17, 15) is 14.4 Å². The standard InChI is InChI=1S/C11H17NO7/c1-7(10(16)18-5-4-13)6-19-11(17)8(12)2-3-9(14)15/h6,8,13H,2-5,12H2,1H3,(H,14,15)/b7-6+/t8-/m0/s1. The second-order valence-electron chi connectivity index (χ2n) is 3.64. The number of aliphatic hydroxyl groups is 1. The summed E-state index contributed by atoms with van der Waals surface area (Å²) in [7, 11) is 0. The summed E-state index contributed by atoms with van der Waals surface area (Å²) in [5.74, 6) is -2.64. The highest BCUT2D eigenvalue weighted by atomic mass is 16.5. The van der Waals surface area contributed by atoms with Crippen molar-refractivity contribution in [2.75, 3.05) is 13.2 Å². The minimum absolute atomic E-state index is 0.0206. The molecule has 0 spiro atoms. The molecule has 108 valence electrons. The van der Waals surface area contributed by atoms with Crippen LogP contribution >= 0.6 is 0 Å². The molecule has 0 fully saturated rings. The summed E-state index contributed by atoms with van der Waals surface area (Å²) >= 11 is 0. The summed E-state index contributed by atoms with van der Waals surface area (Å²) in [6, 6.07) is -1.08. The first-order chi connectivity index (χ1) is 8.88. The Labute approximate surface area is 109 Å². The number of hydrogen-bond acceptors (Lipinski definition) is 7. The van der Waals surface area contributed by atoms with Crippen molar-refractivity contribution in [1.29, 1.82) is 0 Å². The molecular weight excluding hydrogens is 258 g/mol. The molecule has 0 saturated carbocycles. The number of carboxylic acids is 1. The molecule has 0 rings (SSSR count). The zero-order valence-electron chi connectivity index (χ0n) is 10.5. The Hall–Kier alpha value is -1.93. The van der Waals surface area contributed by atoms with Crippen LogP contribution in [0.3, 0.4) is 0 Å². The molecule has 0 bridgehead atoms. The third-order valence-corrected chi connectivity index (χ3v) is 1.97. The van der Waals surface area contributed by atoms with Crippen molar-refractivity contribution >= 4 is 17.9 Å². The molecule has 0 unspecified atom stereocenters. The van der Waals surface area contributed by atoms with E-state index < -0.39 is 23.9 Å². The molecule has 0 amide bonds. The third-order valence-electron chi connectivity index (χ3n) is 1.97. The first-order valence-corrected chi connectivity index (χ1v) is 5.51. The molecule has 8 heteroatoms. The summed E-state index contributed by atoms with van der Waals surface area (Å²) in [6.45, 7) is 0.894. The second kappa shape index (κ2) is 9.06. The Bertz CT molecular complexity index is 364. The Kier molecular flexibility index (Phi) is 8.14. The summed E-state index contributed by atoms with van der Waals surface area (Å²) in [4.78, 5) is 32.8. The van der Waals surface area contributed by atoms with Crippen molar-refractivity contribution in [3.8, 4) is 0 Å². The number of rotatable bonds is 8. The fraction of sp³-hybridized carbons (Fsp3) is 0.545. The van der Waals surface area contributed by atoms with Crippen LogP contribution in [0.5, 0.6) is 0 Å². The number of carbonyl (C=O) groups excluding carboxylic acids is 2. The average Bonchev–Trinajstić information content (AvgIpc) is 2.38. The van der Waals surface area contributed by atoms with Gasteiger partial charge in [-0.2, -0.15) is 0 Å². The minimum atomic E-state index is -1.08.